The SMILES string of the molecule is N=C(N)N(C(=O)O)c1ccccc1. The largest absolute Gasteiger partial charge is 0.464 e. The van der Waals surface area contributed by atoms with Crippen LogP contribution in [-0.4, -0.2) is 17.2 Å². The minimum Gasteiger partial charge on any atom is -0.464 e. The van der Waals surface area contributed by atoms with Crippen molar-refractivity contribution in [1.29, 1.82) is 5.41 Å². The molecular weight excluding hydrogens is 170 g/mol. The monoisotopic (exact) mass is 179 g/mol. The van der Waals surface area contributed by atoms with Crippen LogP contribution < -0.4 is 10.6 Å². The van der Waals surface area contributed by atoms with E-state index in [1.165, 1.54) is 0 Å². The van der Waals surface area contributed by atoms with E-state index in [9.17, 15) is 4.79 Å². The van der Waals surface area contributed by atoms with Crippen LogP contribution in [0.2, 0.25) is 0 Å². The molecule has 0 radical (unpaired) electrons. The van der Waals surface area contributed by atoms with Crippen molar-refractivity contribution in [2.75, 3.05) is 4.90 Å². The molecule has 0 heterocycles. The number of rotatable bonds is 1. The molecule has 0 aromatic heterocycles. The zero-order chi connectivity index (χ0) is 9.84. The molecule has 1 amide bonds. The van der Waals surface area contributed by atoms with Gasteiger partial charge in [0.2, 0.25) is 5.96 Å². The number of carboxylic acid groups (broad SMARTS) is 1. The van der Waals surface area contributed by atoms with E-state index in [0.29, 0.717) is 10.6 Å². The van der Waals surface area contributed by atoms with Gasteiger partial charge in [0.15, 0.2) is 0 Å². The number of amides is 1. The Morgan fingerprint density at radius 2 is 1.92 bits per heavy atom. The first-order chi connectivity index (χ1) is 6.13. The van der Waals surface area contributed by atoms with Crippen molar-refractivity contribution < 1.29 is 9.90 Å². The molecule has 0 bridgehead atoms. The summed E-state index contributed by atoms with van der Waals surface area (Å²) in [4.78, 5) is 11.3. The van der Waals surface area contributed by atoms with E-state index in [4.69, 9.17) is 16.2 Å². The summed E-state index contributed by atoms with van der Waals surface area (Å²) in [5, 5.41) is 15.7. The van der Waals surface area contributed by atoms with E-state index in [2.05, 4.69) is 0 Å². The number of carbonyl (C=O) groups is 1. The van der Waals surface area contributed by atoms with E-state index in [1.54, 1.807) is 30.3 Å². The number of hydrogen-bond acceptors (Lipinski definition) is 2. The Hall–Kier alpha value is -2.04. The predicted molar refractivity (Wildman–Crippen MR) is 48.9 cm³/mol. The van der Waals surface area contributed by atoms with Crippen molar-refractivity contribution in [3.8, 4) is 0 Å². The summed E-state index contributed by atoms with van der Waals surface area (Å²) in [5.74, 6) is -0.515. The van der Waals surface area contributed by atoms with Crippen molar-refractivity contribution >= 4 is 17.7 Å². The lowest BCUT2D eigenvalue weighted by Gasteiger charge is -2.16. The molecule has 1 aromatic rings. The molecule has 0 unspecified atom stereocenters. The first-order valence-corrected chi connectivity index (χ1v) is 3.55. The van der Waals surface area contributed by atoms with E-state index < -0.39 is 12.1 Å². The quantitative estimate of drug-likeness (QED) is 0.444. The predicted octanol–water partition coefficient (Wildman–Crippen LogP) is 1.06. The van der Waals surface area contributed by atoms with Gasteiger partial charge in [0.25, 0.3) is 0 Å². The van der Waals surface area contributed by atoms with E-state index in [0.717, 1.165) is 0 Å². The van der Waals surface area contributed by atoms with E-state index in [-0.39, 0.29) is 0 Å². The summed E-state index contributed by atoms with van der Waals surface area (Å²) >= 11 is 0. The molecule has 0 spiro atoms. The molecule has 0 atom stereocenters. The summed E-state index contributed by atoms with van der Waals surface area (Å²) in [6.45, 7) is 0. The Bertz CT molecular complexity index is 309. The van der Waals surface area contributed by atoms with Gasteiger partial charge in [-0.25, -0.2) is 9.69 Å². The summed E-state index contributed by atoms with van der Waals surface area (Å²) in [6, 6.07) is 8.23. The minimum atomic E-state index is -1.27. The highest BCUT2D eigenvalue weighted by atomic mass is 16.4. The Kier molecular flexibility index (Phi) is 2.49. The summed E-state index contributed by atoms with van der Waals surface area (Å²) in [5.41, 5.74) is 5.46. The third-order valence-corrected chi connectivity index (χ3v) is 1.45. The number of nitrogens with two attached hydrogens (primary N) is 1. The second-order valence-electron chi connectivity index (χ2n) is 2.34. The fourth-order valence-corrected chi connectivity index (χ4v) is 0.930. The van der Waals surface area contributed by atoms with Crippen molar-refractivity contribution in [2.24, 2.45) is 5.73 Å². The lowest BCUT2D eigenvalue weighted by Crippen LogP contribution is -2.40. The molecule has 1 aromatic carbocycles. The fourth-order valence-electron chi connectivity index (χ4n) is 0.930. The number of nitrogens with one attached hydrogen (secondary N) is 1. The molecule has 0 aliphatic carbocycles. The Labute approximate surface area is 74.9 Å². The number of benzene rings is 1. The number of para-hydroxylation sites is 1. The number of hydrogen-bond donors (Lipinski definition) is 3. The Morgan fingerprint density at radius 1 is 1.38 bits per heavy atom. The second-order valence-corrected chi connectivity index (χ2v) is 2.34. The van der Waals surface area contributed by atoms with Crippen LogP contribution in [0, 0.1) is 5.41 Å². The van der Waals surface area contributed by atoms with Gasteiger partial charge in [0, 0.05) is 0 Å². The third-order valence-electron chi connectivity index (χ3n) is 1.45. The number of anilines is 1. The van der Waals surface area contributed by atoms with Crippen molar-refractivity contribution in [2.45, 2.75) is 0 Å². The van der Waals surface area contributed by atoms with Gasteiger partial charge in [-0.05, 0) is 12.1 Å². The minimum absolute atomic E-state index is 0.363. The fraction of sp³-hybridized carbons (Fsp3) is 0. The summed E-state index contributed by atoms with van der Waals surface area (Å²) in [7, 11) is 0. The summed E-state index contributed by atoms with van der Waals surface area (Å²) < 4.78 is 0. The molecule has 0 fully saturated rings. The van der Waals surface area contributed by atoms with E-state index in [1.807, 2.05) is 0 Å². The first kappa shape index (κ1) is 9.05. The molecule has 1 rings (SSSR count). The van der Waals surface area contributed by atoms with Crippen molar-refractivity contribution in [1.82, 2.24) is 0 Å². The van der Waals surface area contributed by atoms with Crippen LogP contribution in [0.5, 0.6) is 0 Å². The second kappa shape index (κ2) is 3.57. The van der Waals surface area contributed by atoms with Gasteiger partial charge in [0.1, 0.15) is 0 Å². The van der Waals surface area contributed by atoms with Gasteiger partial charge in [-0.15, -0.1) is 0 Å². The summed E-state index contributed by atoms with van der Waals surface area (Å²) in [6.07, 6.45) is -1.27. The molecule has 0 aliphatic rings. The molecule has 5 nitrogen and oxygen atoms in total. The van der Waals surface area contributed by atoms with Crippen LogP contribution in [0.3, 0.4) is 0 Å². The first-order valence-electron chi connectivity index (χ1n) is 3.55. The highest BCUT2D eigenvalue weighted by molar-refractivity contribution is 6.11. The van der Waals surface area contributed by atoms with Crippen LogP contribution in [0.25, 0.3) is 0 Å². The average Bonchev–Trinajstić information content (AvgIpc) is 2.04. The van der Waals surface area contributed by atoms with Crippen LogP contribution in [-0.2, 0) is 0 Å². The van der Waals surface area contributed by atoms with Crippen LogP contribution in [0.1, 0.15) is 0 Å². The third kappa shape index (κ3) is 1.96. The Balaban J connectivity index is 3.03. The maximum atomic E-state index is 10.6. The van der Waals surface area contributed by atoms with Crippen LogP contribution >= 0.6 is 0 Å². The van der Waals surface area contributed by atoms with Crippen LogP contribution in [0.15, 0.2) is 30.3 Å². The van der Waals surface area contributed by atoms with Gasteiger partial charge in [-0.3, -0.25) is 5.41 Å². The van der Waals surface area contributed by atoms with Crippen molar-refractivity contribution in [3.63, 3.8) is 0 Å². The number of nitrogens with zero attached hydrogens (tertiary/aromatic N) is 1. The van der Waals surface area contributed by atoms with Gasteiger partial charge >= 0.3 is 6.09 Å². The molecule has 0 saturated carbocycles. The van der Waals surface area contributed by atoms with Crippen molar-refractivity contribution in [3.05, 3.63) is 30.3 Å². The average molecular weight is 179 g/mol. The highest BCUT2D eigenvalue weighted by Crippen LogP contribution is 2.12. The Morgan fingerprint density at radius 3 is 2.31 bits per heavy atom. The number of guanidine groups is 1. The molecule has 5 heteroatoms. The highest BCUT2D eigenvalue weighted by Gasteiger charge is 2.16. The maximum Gasteiger partial charge on any atom is 0.418 e. The normalized spacial score (nSPS) is 9.23. The van der Waals surface area contributed by atoms with E-state index >= 15 is 0 Å². The molecule has 68 valence electrons. The van der Waals surface area contributed by atoms with Gasteiger partial charge in [-0.2, -0.15) is 0 Å². The van der Waals surface area contributed by atoms with Crippen LogP contribution in [0.4, 0.5) is 10.5 Å². The zero-order valence-corrected chi connectivity index (χ0v) is 6.77. The standard InChI is InChI=1S/C8H9N3O2/c9-7(10)11(8(12)13)6-4-2-1-3-5-6/h1-5H,(H3,9,10)(H,12,13). The molecule has 13 heavy (non-hydrogen) atoms. The lowest BCUT2D eigenvalue weighted by molar-refractivity contribution is 0.205. The maximum absolute atomic E-state index is 10.6. The molecular formula is C8H9N3O2. The lowest BCUT2D eigenvalue weighted by atomic mass is 10.3. The molecule has 0 saturated heterocycles. The zero-order valence-electron chi connectivity index (χ0n) is 6.77. The molecule has 4 N–H and O–H groups in total. The van der Waals surface area contributed by atoms with Gasteiger partial charge < -0.3 is 10.8 Å². The van der Waals surface area contributed by atoms with Gasteiger partial charge in [0.05, 0.1) is 5.69 Å². The molecule has 0 aliphatic heterocycles. The topological polar surface area (TPSA) is 90.4 Å². The van der Waals surface area contributed by atoms with Gasteiger partial charge in [-0.1, -0.05) is 18.2 Å². The smallest absolute Gasteiger partial charge is 0.418 e.